The number of amides is 2. The first kappa shape index (κ1) is 18.1. The van der Waals surface area contributed by atoms with Gasteiger partial charge in [-0.25, -0.2) is 4.79 Å². The summed E-state index contributed by atoms with van der Waals surface area (Å²) < 4.78 is 0. The number of urea groups is 1. The van der Waals surface area contributed by atoms with Gasteiger partial charge in [0.2, 0.25) is 0 Å². The molecule has 20 heavy (non-hydrogen) atoms. The SMILES string of the molecule is CNC(=O)NC(C=O)CNC(C)C.Cc1ccccc1. The van der Waals surface area contributed by atoms with E-state index in [0.29, 0.717) is 18.9 Å². The van der Waals surface area contributed by atoms with E-state index >= 15 is 0 Å². The zero-order valence-corrected chi connectivity index (χ0v) is 12.6. The minimum Gasteiger partial charge on any atom is -0.341 e. The molecule has 0 aliphatic carbocycles. The summed E-state index contributed by atoms with van der Waals surface area (Å²) in [5.74, 6) is 0. The Morgan fingerprint density at radius 2 is 1.85 bits per heavy atom. The Morgan fingerprint density at radius 1 is 1.25 bits per heavy atom. The van der Waals surface area contributed by atoms with E-state index in [9.17, 15) is 9.59 Å². The lowest BCUT2D eigenvalue weighted by Crippen LogP contribution is -2.47. The van der Waals surface area contributed by atoms with Crippen LogP contribution in [0.2, 0.25) is 0 Å². The van der Waals surface area contributed by atoms with E-state index in [2.05, 4.69) is 35.0 Å². The van der Waals surface area contributed by atoms with E-state index in [1.165, 1.54) is 12.6 Å². The van der Waals surface area contributed by atoms with E-state index in [0.717, 1.165) is 0 Å². The second kappa shape index (κ2) is 11.0. The maximum atomic E-state index is 10.8. The molecule has 1 atom stereocenters. The number of aldehydes is 1. The number of benzene rings is 1. The van der Waals surface area contributed by atoms with Gasteiger partial charge in [0.1, 0.15) is 6.29 Å². The molecule has 112 valence electrons. The molecule has 1 rings (SSSR count). The Balaban J connectivity index is 0.000000428. The molecule has 0 saturated heterocycles. The molecular weight excluding hydrogens is 254 g/mol. The fourth-order valence-corrected chi connectivity index (χ4v) is 1.27. The summed E-state index contributed by atoms with van der Waals surface area (Å²) in [4.78, 5) is 21.3. The Kier molecular flexibility index (Phi) is 9.96. The van der Waals surface area contributed by atoms with Gasteiger partial charge in [0.05, 0.1) is 6.04 Å². The summed E-state index contributed by atoms with van der Waals surface area (Å²) in [6.45, 7) is 6.48. The summed E-state index contributed by atoms with van der Waals surface area (Å²) in [5, 5.41) is 7.92. The van der Waals surface area contributed by atoms with Crippen molar-refractivity contribution in [3.8, 4) is 0 Å². The molecule has 3 N–H and O–H groups in total. The van der Waals surface area contributed by atoms with Crippen LogP contribution in [0.3, 0.4) is 0 Å². The maximum Gasteiger partial charge on any atom is 0.315 e. The van der Waals surface area contributed by atoms with E-state index in [1.807, 2.05) is 32.0 Å². The summed E-state index contributed by atoms with van der Waals surface area (Å²) in [6, 6.07) is 9.75. The minimum atomic E-state index is -0.470. The number of nitrogens with one attached hydrogen (secondary N) is 3. The van der Waals surface area contributed by atoms with Crippen LogP contribution in [0.25, 0.3) is 0 Å². The third kappa shape index (κ3) is 10.1. The Labute approximate surface area is 121 Å². The van der Waals surface area contributed by atoms with Crippen LogP contribution in [0.15, 0.2) is 30.3 Å². The summed E-state index contributed by atoms with van der Waals surface area (Å²) in [7, 11) is 1.51. The van der Waals surface area contributed by atoms with E-state index in [1.54, 1.807) is 0 Å². The van der Waals surface area contributed by atoms with Crippen molar-refractivity contribution >= 4 is 12.3 Å². The molecule has 0 bridgehead atoms. The van der Waals surface area contributed by atoms with Crippen molar-refractivity contribution in [3.05, 3.63) is 35.9 Å². The average Bonchev–Trinajstić information content (AvgIpc) is 2.44. The number of aryl methyl sites for hydroxylation is 1. The first-order chi connectivity index (χ1) is 9.49. The lowest BCUT2D eigenvalue weighted by molar-refractivity contribution is -0.109. The van der Waals surface area contributed by atoms with Crippen LogP contribution in [0.5, 0.6) is 0 Å². The molecule has 0 heterocycles. The van der Waals surface area contributed by atoms with Crippen LogP contribution >= 0.6 is 0 Å². The van der Waals surface area contributed by atoms with Crippen LogP contribution in [0, 0.1) is 6.92 Å². The summed E-state index contributed by atoms with van der Waals surface area (Å²) in [6.07, 6.45) is 0.713. The second-order valence-electron chi connectivity index (χ2n) is 4.68. The van der Waals surface area contributed by atoms with E-state index < -0.39 is 6.04 Å². The number of hydrogen-bond acceptors (Lipinski definition) is 3. The smallest absolute Gasteiger partial charge is 0.315 e. The van der Waals surface area contributed by atoms with Crippen molar-refractivity contribution in [2.45, 2.75) is 32.9 Å². The third-order valence-corrected chi connectivity index (χ3v) is 2.39. The topological polar surface area (TPSA) is 70.2 Å². The Bertz CT molecular complexity index is 380. The number of rotatable bonds is 5. The normalized spacial score (nSPS) is 11.1. The van der Waals surface area contributed by atoms with Crippen molar-refractivity contribution in [1.29, 1.82) is 0 Å². The quantitative estimate of drug-likeness (QED) is 0.715. The summed E-state index contributed by atoms with van der Waals surface area (Å²) in [5.41, 5.74) is 1.32. The molecule has 2 amide bonds. The first-order valence-corrected chi connectivity index (χ1v) is 6.68. The van der Waals surface area contributed by atoms with Gasteiger partial charge in [-0.15, -0.1) is 0 Å². The predicted octanol–water partition coefficient (Wildman–Crippen LogP) is 1.48. The average molecular weight is 279 g/mol. The van der Waals surface area contributed by atoms with Gasteiger partial charge in [-0.3, -0.25) is 0 Å². The second-order valence-corrected chi connectivity index (χ2v) is 4.68. The van der Waals surface area contributed by atoms with Crippen molar-refractivity contribution in [2.24, 2.45) is 0 Å². The molecule has 0 saturated carbocycles. The summed E-state index contributed by atoms with van der Waals surface area (Å²) >= 11 is 0. The van der Waals surface area contributed by atoms with Gasteiger partial charge in [-0.05, 0) is 6.92 Å². The van der Waals surface area contributed by atoms with Gasteiger partial charge < -0.3 is 20.7 Å². The molecule has 5 heteroatoms. The highest BCUT2D eigenvalue weighted by molar-refractivity contribution is 5.77. The minimum absolute atomic E-state index is 0.300. The predicted molar refractivity (Wildman–Crippen MR) is 81.8 cm³/mol. The van der Waals surface area contributed by atoms with E-state index in [4.69, 9.17) is 0 Å². The molecule has 1 aromatic rings. The highest BCUT2D eigenvalue weighted by atomic mass is 16.2. The molecular formula is C15H25N3O2. The molecule has 0 aromatic heterocycles. The van der Waals surface area contributed by atoms with Crippen LogP contribution in [0.4, 0.5) is 4.79 Å². The lowest BCUT2D eigenvalue weighted by atomic mass is 10.2. The largest absolute Gasteiger partial charge is 0.341 e. The fraction of sp³-hybridized carbons (Fsp3) is 0.467. The van der Waals surface area contributed by atoms with Gasteiger partial charge in [0, 0.05) is 19.6 Å². The maximum absolute atomic E-state index is 10.8. The van der Waals surface area contributed by atoms with Crippen molar-refractivity contribution in [1.82, 2.24) is 16.0 Å². The zero-order valence-electron chi connectivity index (χ0n) is 12.6. The van der Waals surface area contributed by atoms with Crippen LogP contribution in [-0.2, 0) is 4.79 Å². The van der Waals surface area contributed by atoms with Crippen LogP contribution in [-0.4, -0.2) is 38.0 Å². The van der Waals surface area contributed by atoms with Crippen molar-refractivity contribution in [2.75, 3.05) is 13.6 Å². The number of carbonyl (C=O) groups is 2. The highest BCUT2D eigenvalue weighted by Gasteiger charge is 2.09. The molecule has 1 unspecified atom stereocenters. The lowest BCUT2D eigenvalue weighted by Gasteiger charge is -2.14. The van der Waals surface area contributed by atoms with E-state index in [-0.39, 0.29) is 6.03 Å². The Hall–Kier alpha value is -1.88. The highest BCUT2D eigenvalue weighted by Crippen LogP contribution is 1.92. The van der Waals surface area contributed by atoms with Crippen LogP contribution in [0.1, 0.15) is 19.4 Å². The van der Waals surface area contributed by atoms with Gasteiger partial charge in [0.25, 0.3) is 0 Å². The third-order valence-electron chi connectivity index (χ3n) is 2.39. The first-order valence-electron chi connectivity index (χ1n) is 6.68. The molecule has 0 spiro atoms. The fourth-order valence-electron chi connectivity index (χ4n) is 1.27. The van der Waals surface area contributed by atoms with Gasteiger partial charge in [-0.1, -0.05) is 49.7 Å². The van der Waals surface area contributed by atoms with Gasteiger partial charge in [-0.2, -0.15) is 0 Å². The zero-order chi connectivity index (χ0) is 15.4. The van der Waals surface area contributed by atoms with Gasteiger partial charge >= 0.3 is 6.03 Å². The Morgan fingerprint density at radius 3 is 2.20 bits per heavy atom. The molecule has 5 nitrogen and oxygen atoms in total. The number of hydrogen-bond donors (Lipinski definition) is 3. The molecule has 0 fully saturated rings. The molecule has 0 aliphatic rings. The van der Waals surface area contributed by atoms with Crippen LogP contribution < -0.4 is 16.0 Å². The number of carbonyl (C=O) groups excluding carboxylic acids is 2. The molecule has 0 aliphatic heterocycles. The molecule has 0 radical (unpaired) electrons. The van der Waals surface area contributed by atoms with Gasteiger partial charge in [0.15, 0.2) is 0 Å². The van der Waals surface area contributed by atoms with Crippen molar-refractivity contribution < 1.29 is 9.59 Å². The van der Waals surface area contributed by atoms with Crippen molar-refractivity contribution in [3.63, 3.8) is 0 Å². The monoisotopic (exact) mass is 279 g/mol. The molecule has 1 aromatic carbocycles. The standard InChI is InChI=1S/C8H17N3O2.C7H8/c1-6(2)10-4-7(5-12)11-8(13)9-3;1-7-5-3-2-4-6-7/h5-7,10H,4H2,1-3H3,(H2,9,11,13);2-6H,1H3.